The SMILES string of the molecule is [Ba+2].[Ba+2].[Cr+3].[Cr+3].[O]=[Ti]([O-])[O-].[O]=[Ti]([O-])[O-].[O]=[Ti]([O-])[O-].[O]=[Ti]([O-])[O-].[O]=[Ti]([O-])[O-]. The van der Waals surface area contributed by atoms with Gasteiger partial charge in [0.05, 0.1) is 0 Å². The number of hydrogen-bond donors (Lipinski definition) is 0. The molecular formula is Ba2Cr2O15Ti5. The van der Waals surface area contributed by atoms with E-state index in [1.807, 2.05) is 0 Å². The van der Waals surface area contributed by atoms with Gasteiger partial charge in [-0.05, 0) is 0 Å². The first-order valence-corrected chi connectivity index (χ1v) is 12.6. The van der Waals surface area contributed by atoms with Crippen molar-refractivity contribution in [3.05, 3.63) is 0 Å². The molecule has 0 heterocycles. The van der Waals surface area contributed by atoms with Crippen LogP contribution in [0.2, 0.25) is 0 Å². The molecule has 0 aliphatic heterocycles. The van der Waals surface area contributed by atoms with Crippen molar-refractivity contribution in [2.75, 3.05) is 0 Å². The Bertz CT molecular complexity index is 221. The van der Waals surface area contributed by atoms with E-state index in [4.69, 9.17) is 53.5 Å². The van der Waals surface area contributed by atoms with Crippen LogP contribution in [0.5, 0.6) is 0 Å². The van der Waals surface area contributed by atoms with Crippen LogP contribution in [0.4, 0.5) is 0 Å². The first-order chi connectivity index (χ1) is 8.66. The molecule has 0 aromatic carbocycles. The van der Waals surface area contributed by atoms with Gasteiger partial charge in [0.15, 0.2) is 0 Å². The van der Waals surface area contributed by atoms with Gasteiger partial charge in [-0.1, -0.05) is 0 Å². The fourth-order valence-electron chi connectivity index (χ4n) is 0. The van der Waals surface area contributed by atoms with Crippen molar-refractivity contribution in [2.45, 2.75) is 0 Å². The summed E-state index contributed by atoms with van der Waals surface area (Å²) in [4.78, 5) is 0. The van der Waals surface area contributed by atoms with Crippen LogP contribution in [-0.4, -0.2) is 97.8 Å². The van der Waals surface area contributed by atoms with Gasteiger partial charge in [0, 0.05) is 0 Å². The zero-order valence-electron chi connectivity index (χ0n) is 10.9. The van der Waals surface area contributed by atoms with E-state index in [-0.39, 0.29) is 132 Å². The Morgan fingerprint density at radius 1 is 0.333 bits per heavy atom. The maximum absolute atomic E-state index is 8.58. The van der Waals surface area contributed by atoms with E-state index in [0.29, 0.717) is 0 Å². The first-order valence-electron chi connectivity index (χ1n) is 3.06. The molecular weight excluding hydrogens is 858 g/mol. The average Bonchev–Trinajstić information content (AvgIpc) is 1.94. The predicted molar refractivity (Wildman–Crippen MR) is 14.9 cm³/mol. The molecule has 0 fully saturated rings. The molecule has 0 saturated carbocycles. The van der Waals surface area contributed by atoms with Gasteiger partial charge in [0.2, 0.25) is 0 Å². The summed E-state index contributed by atoms with van der Waals surface area (Å²) in [7, 11) is 0. The molecule has 0 rings (SSSR count). The molecule has 0 aliphatic rings. The summed E-state index contributed by atoms with van der Waals surface area (Å²) in [5, 5.41) is 0. The van der Waals surface area contributed by atoms with Gasteiger partial charge in [-0.3, -0.25) is 0 Å². The molecule has 0 unspecified atom stereocenters. The van der Waals surface area contributed by atoms with Gasteiger partial charge < -0.3 is 0 Å². The second-order valence-electron chi connectivity index (χ2n) is 1.25. The molecule has 126 valence electrons. The Hall–Kier alpha value is 6.38. The van der Waals surface area contributed by atoms with Crippen molar-refractivity contribution in [3.63, 3.8) is 0 Å². The second kappa shape index (κ2) is 51.8. The number of hydrogen-bond acceptors (Lipinski definition) is 15. The molecule has 0 spiro atoms. The van der Waals surface area contributed by atoms with Gasteiger partial charge >= 0.3 is 279 Å². The van der Waals surface area contributed by atoms with Crippen molar-refractivity contribution in [1.82, 2.24) is 0 Å². The maximum atomic E-state index is 8.58. The molecule has 0 aromatic rings. The Balaban J connectivity index is -0.0000000161. The second-order valence-corrected chi connectivity index (χ2v) is 5.15. The normalized spacial score (nSPS) is 5.42. The van der Waals surface area contributed by atoms with Crippen LogP contribution in [0.3, 0.4) is 0 Å². The van der Waals surface area contributed by atoms with Gasteiger partial charge in [0.1, 0.15) is 0 Å². The molecule has 0 aliphatic carbocycles. The Labute approximate surface area is 271 Å². The minimum absolute atomic E-state index is 0. The summed E-state index contributed by atoms with van der Waals surface area (Å²) < 4.78 is 129. The fraction of sp³-hybridized carbons (Fsp3) is 0. The van der Waals surface area contributed by atoms with Gasteiger partial charge in [-0.15, -0.1) is 0 Å². The van der Waals surface area contributed by atoms with Crippen molar-refractivity contribution < 1.29 is 181 Å². The summed E-state index contributed by atoms with van der Waals surface area (Å²) in [6, 6.07) is 0. The standard InChI is InChI=1S/2Ba.2Cr.15O.5Ti/q2*+2;2*+3;;;;;;10*-1;;;;;. The van der Waals surface area contributed by atoms with Crippen LogP contribution in [0.1, 0.15) is 0 Å². The molecule has 0 amide bonds. The molecule has 0 aromatic heterocycles. The summed E-state index contributed by atoms with van der Waals surface area (Å²) >= 11 is -20.4. The third-order valence-electron chi connectivity index (χ3n) is 0. The number of rotatable bonds is 0. The quantitative estimate of drug-likeness (QED) is 0.204. The summed E-state index contributed by atoms with van der Waals surface area (Å²) in [6.45, 7) is 0. The monoisotopic (exact) mass is 859 g/mol. The van der Waals surface area contributed by atoms with Crippen LogP contribution in [0.15, 0.2) is 0 Å². The molecule has 24 heteroatoms. The topological polar surface area (TPSA) is 316 Å². The van der Waals surface area contributed by atoms with E-state index in [0.717, 1.165) is 0 Å². The van der Waals surface area contributed by atoms with Crippen LogP contribution in [-0.2, 0) is 144 Å². The van der Waals surface area contributed by atoms with Crippen LogP contribution >= 0.6 is 0 Å². The van der Waals surface area contributed by atoms with E-state index >= 15 is 0 Å². The van der Waals surface area contributed by atoms with Crippen molar-refractivity contribution >= 4 is 97.8 Å². The van der Waals surface area contributed by atoms with Crippen molar-refractivity contribution in [3.8, 4) is 0 Å². The Morgan fingerprint density at radius 3 is 0.333 bits per heavy atom. The van der Waals surface area contributed by atoms with Crippen molar-refractivity contribution in [1.29, 1.82) is 0 Å². The Kier molecular flexibility index (Phi) is 124. The van der Waals surface area contributed by atoms with E-state index < -0.39 is 93.1 Å². The zero-order valence-corrected chi connectivity index (χ0v) is 30.1. The van der Waals surface area contributed by atoms with Crippen molar-refractivity contribution in [2.24, 2.45) is 0 Å². The van der Waals surface area contributed by atoms with E-state index in [1.165, 1.54) is 0 Å². The summed E-state index contributed by atoms with van der Waals surface area (Å²) in [5.74, 6) is 0. The Morgan fingerprint density at radius 2 is 0.333 bits per heavy atom. The first kappa shape index (κ1) is 57.4. The summed E-state index contributed by atoms with van der Waals surface area (Å²) in [6.07, 6.45) is 0. The van der Waals surface area contributed by atoms with Crippen LogP contribution in [0.25, 0.3) is 0 Å². The zero-order chi connectivity index (χ0) is 17.9. The van der Waals surface area contributed by atoms with Gasteiger partial charge in [-0.25, -0.2) is 0 Å². The van der Waals surface area contributed by atoms with Crippen LogP contribution in [0, 0.1) is 0 Å². The fourth-order valence-corrected chi connectivity index (χ4v) is 0. The predicted octanol–water partition coefficient (Wildman–Crippen LogP) is -13.3. The molecule has 15 nitrogen and oxygen atoms in total. The molecule has 2 radical (unpaired) electrons. The van der Waals surface area contributed by atoms with Crippen LogP contribution < -0.4 is 36.9 Å². The van der Waals surface area contributed by atoms with Gasteiger partial charge in [0.25, 0.3) is 0 Å². The molecule has 0 atom stereocenters. The minimum atomic E-state index is -4.08. The molecule has 24 heavy (non-hydrogen) atoms. The van der Waals surface area contributed by atoms with Gasteiger partial charge in [-0.2, -0.15) is 0 Å². The van der Waals surface area contributed by atoms with E-state index in [1.54, 1.807) is 0 Å². The average molecular weight is 858 g/mol. The molecule has 0 saturated heterocycles. The van der Waals surface area contributed by atoms with E-state index in [9.17, 15) is 0 Å². The summed E-state index contributed by atoms with van der Waals surface area (Å²) in [5.41, 5.74) is 0. The molecule has 0 bridgehead atoms. The molecule has 0 N–H and O–H groups in total. The third kappa shape index (κ3) is 523. The third-order valence-corrected chi connectivity index (χ3v) is 0. The van der Waals surface area contributed by atoms with E-state index in [2.05, 4.69) is 0 Å².